The van der Waals surface area contributed by atoms with E-state index in [1.807, 2.05) is 98.1 Å². The Labute approximate surface area is 374 Å². The van der Waals surface area contributed by atoms with Gasteiger partial charge in [0.25, 0.3) is 0 Å². The molecule has 1 aliphatic rings. The average molecular weight is 862 g/mol. The molecule has 2 aromatic heterocycles. The van der Waals surface area contributed by atoms with Gasteiger partial charge in [0.05, 0.1) is 36.6 Å². The molecule has 0 saturated carbocycles. The zero-order valence-corrected chi connectivity index (χ0v) is 38.9. The SMILES string of the molecule is C=C/C=C(\C=C/C)CC(=O)N1CCCC1c1ncc(-c2ccc(-c3ccc(-c4nc(CN(CCC)C(C)=O)[nH]c4C=O)cc3)cc2)[nH]1.CN.COC.CSC.Cc1ccccc1. The molecule has 332 valence electrons. The second kappa shape index (κ2) is 29.4. The number of benzene rings is 3. The van der Waals surface area contributed by atoms with E-state index >= 15 is 0 Å². The summed E-state index contributed by atoms with van der Waals surface area (Å²) >= 11 is 1.75. The molecule has 0 spiro atoms. The van der Waals surface area contributed by atoms with Gasteiger partial charge in [0.2, 0.25) is 11.8 Å². The predicted octanol–water partition coefficient (Wildman–Crippen LogP) is 10.3. The maximum absolute atomic E-state index is 13.2. The van der Waals surface area contributed by atoms with Gasteiger partial charge < -0.3 is 30.2 Å². The van der Waals surface area contributed by atoms with Crippen LogP contribution in [0.4, 0.5) is 0 Å². The first-order chi connectivity index (χ1) is 30.1. The summed E-state index contributed by atoms with van der Waals surface area (Å²) < 4.78 is 4.25. The molecule has 1 saturated heterocycles. The first-order valence-electron chi connectivity index (χ1n) is 20.8. The molecule has 4 N–H and O–H groups in total. The molecule has 1 fully saturated rings. The van der Waals surface area contributed by atoms with E-state index in [2.05, 4.69) is 80.3 Å². The molecule has 1 atom stereocenters. The van der Waals surface area contributed by atoms with Gasteiger partial charge in [-0.3, -0.25) is 14.4 Å². The van der Waals surface area contributed by atoms with Crippen molar-refractivity contribution in [2.24, 2.45) is 5.73 Å². The van der Waals surface area contributed by atoms with Crippen molar-refractivity contribution in [3.05, 3.63) is 144 Å². The van der Waals surface area contributed by atoms with Gasteiger partial charge in [0, 0.05) is 39.8 Å². The van der Waals surface area contributed by atoms with E-state index in [0.717, 1.165) is 71.4 Å². The second-order valence-corrected chi connectivity index (χ2v) is 15.0. The van der Waals surface area contributed by atoms with Crippen LogP contribution in [0.25, 0.3) is 33.6 Å². The third-order valence-corrected chi connectivity index (χ3v) is 9.36. The van der Waals surface area contributed by atoms with Crippen molar-refractivity contribution >= 4 is 29.9 Å². The van der Waals surface area contributed by atoms with Crippen molar-refractivity contribution in [1.29, 1.82) is 0 Å². The molecule has 3 aromatic carbocycles. The number of methoxy groups -OCH3 is 1. The normalized spacial score (nSPS) is 13.0. The smallest absolute Gasteiger partial charge is 0.227 e. The number of ether oxygens (including phenoxy) is 1. The van der Waals surface area contributed by atoms with Crippen molar-refractivity contribution in [3.63, 3.8) is 0 Å². The van der Waals surface area contributed by atoms with Crippen molar-refractivity contribution in [2.45, 2.75) is 66.0 Å². The highest BCUT2D eigenvalue weighted by atomic mass is 32.2. The summed E-state index contributed by atoms with van der Waals surface area (Å²) in [6, 6.07) is 26.4. The number of carbonyl (C=O) groups excluding carboxylic acids is 3. The van der Waals surface area contributed by atoms with E-state index in [9.17, 15) is 14.4 Å². The molecule has 6 rings (SSSR count). The summed E-state index contributed by atoms with van der Waals surface area (Å²) in [5, 5.41) is 0. The Bertz CT molecular complexity index is 2120. The number of allylic oxidation sites excluding steroid dienone is 4. The number of aromatic amines is 2. The number of H-pyrrole nitrogens is 2. The third-order valence-electron chi connectivity index (χ3n) is 9.36. The minimum absolute atomic E-state index is 0.0278. The lowest BCUT2D eigenvalue weighted by Gasteiger charge is -2.23. The fourth-order valence-corrected chi connectivity index (χ4v) is 6.63. The summed E-state index contributed by atoms with van der Waals surface area (Å²) in [6.07, 6.45) is 17.2. The highest BCUT2D eigenvalue weighted by Crippen LogP contribution is 2.33. The van der Waals surface area contributed by atoms with Gasteiger partial charge in [-0.25, -0.2) is 9.97 Å². The van der Waals surface area contributed by atoms with Gasteiger partial charge in [0.15, 0.2) is 6.29 Å². The van der Waals surface area contributed by atoms with Gasteiger partial charge >= 0.3 is 0 Å². The van der Waals surface area contributed by atoms with Crippen LogP contribution in [0.5, 0.6) is 0 Å². The number of nitrogens with zero attached hydrogens (tertiary/aromatic N) is 4. The van der Waals surface area contributed by atoms with Crippen LogP contribution in [-0.4, -0.2) is 94.7 Å². The number of hydrogen-bond donors (Lipinski definition) is 3. The molecular formula is C50H67N7O4S. The molecule has 1 unspecified atom stereocenters. The lowest BCUT2D eigenvalue weighted by Crippen LogP contribution is -2.31. The number of nitrogens with two attached hydrogens (primary N) is 1. The van der Waals surface area contributed by atoms with Gasteiger partial charge in [-0.15, -0.1) is 0 Å². The zero-order valence-electron chi connectivity index (χ0n) is 38.1. The Morgan fingerprint density at radius 3 is 2.05 bits per heavy atom. The number of hydrogen-bond acceptors (Lipinski definition) is 8. The van der Waals surface area contributed by atoms with Crippen molar-refractivity contribution in [1.82, 2.24) is 29.7 Å². The van der Waals surface area contributed by atoms with Crippen LogP contribution in [0.2, 0.25) is 0 Å². The molecule has 2 amide bonds. The number of rotatable bonds is 13. The summed E-state index contributed by atoms with van der Waals surface area (Å²) in [5.74, 6) is 1.45. The summed E-state index contributed by atoms with van der Waals surface area (Å²) in [5.41, 5.74) is 12.5. The highest BCUT2D eigenvalue weighted by molar-refractivity contribution is 7.97. The van der Waals surface area contributed by atoms with Crippen LogP contribution in [0.3, 0.4) is 0 Å². The molecule has 0 aliphatic carbocycles. The minimum atomic E-state index is -0.0700. The standard InChI is InChI=1S/C38H42N6O3.C7H8.C2H6O.C2H6S.CH5N/c1-5-9-27(10-6-2)22-36(47)44-21-8-11-34(44)38-39-23-32(41-38)30-16-12-28(13-17-30)29-14-18-31(19-15-29)37-33(25-45)40-35(42-37)24-43(20-7-3)26(4)46;1-7-5-3-2-4-6-7;2*1-3-2;1-2/h5-6,9-10,12-19,23,25,34H,1,7-8,11,20-22,24H2,2-4H3,(H,39,41)(H,40,42);2-6H,1H3;2*1-2H3;2H2,1H3/b10-6-,27-9+;;;;. The number of likely N-dealkylation sites (tertiary alicyclic amines) is 1. The van der Waals surface area contributed by atoms with Crippen LogP contribution in [0, 0.1) is 6.92 Å². The molecular weight excluding hydrogens is 795 g/mol. The van der Waals surface area contributed by atoms with Gasteiger partial charge in [0.1, 0.15) is 17.3 Å². The quantitative estimate of drug-likeness (QED) is 0.0782. The number of nitrogens with one attached hydrogen (secondary N) is 2. The molecule has 11 nitrogen and oxygen atoms in total. The van der Waals surface area contributed by atoms with E-state index in [-0.39, 0.29) is 17.9 Å². The Hall–Kier alpha value is -5.82. The van der Waals surface area contributed by atoms with Crippen LogP contribution in [0.15, 0.2) is 122 Å². The molecule has 1 aliphatic heterocycles. The number of aldehydes is 1. The number of imidazole rings is 2. The summed E-state index contributed by atoms with van der Waals surface area (Å²) in [4.78, 5) is 56.5. The molecule has 5 aromatic rings. The van der Waals surface area contributed by atoms with Gasteiger partial charge in [-0.1, -0.05) is 122 Å². The maximum Gasteiger partial charge on any atom is 0.227 e. The molecule has 3 heterocycles. The van der Waals surface area contributed by atoms with E-state index < -0.39 is 0 Å². The van der Waals surface area contributed by atoms with E-state index in [1.165, 1.54) is 19.5 Å². The fourth-order valence-electron chi connectivity index (χ4n) is 6.63. The largest absolute Gasteiger partial charge is 0.388 e. The fraction of sp³-hybridized carbons (Fsp3) is 0.340. The number of carbonyl (C=O) groups is 3. The van der Waals surface area contributed by atoms with Crippen LogP contribution in [0.1, 0.15) is 80.2 Å². The van der Waals surface area contributed by atoms with E-state index in [4.69, 9.17) is 0 Å². The maximum atomic E-state index is 13.2. The average Bonchev–Trinajstić information content (AvgIpc) is 4.06. The second-order valence-electron chi connectivity index (χ2n) is 14.2. The van der Waals surface area contributed by atoms with E-state index in [0.29, 0.717) is 36.7 Å². The van der Waals surface area contributed by atoms with E-state index in [1.54, 1.807) is 37.0 Å². The predicted molar refractivity (Wildman–Crippen MR) is 259 cm³/mol. The minimum Gasteiger partial charge on any atom is -0.388 e. The Kier molecular flexibility index (Phi) is 24.8. The Morgan fingerprint density at radius 2 is 1.55 bits per heavy atom. The summed E-state index contributed by atoms with van der Waals surface area (Å²) in [6.45, 7) is 13.0. The molecule has 0 bridgehead atoms. The van der Waals surface area contributed by atoms with Gasteiger partial charge in [-0.2, -0.15) is 11.8 Å². The molecule has 12 heteroatoms. The zero-order chi connectivity index (χ0) is 45.9. The van der Waals surface area contributed by atoms with Crippen molar-refractivity contribution < 1.29 is 19.1 Å². The molecule has 62 heavy (non-hydrogen) atoms. The van der Waals surface area contributed by atoms with Crippen LogP contribution >= 0.6 is 11.8 Å². The highest BCUT2D eigenvalue weighted by Gasteiger charge is 2.32. The van der Waals surface area contributed by atoms with Crippen molar-refractivity contribution in [3.8, 4) is 33.6 Å². The first-order valence-corrected chi connectivity index (χ1v) is 22.4. The molecule has 0 radical (unpaired) electrons. The number of thioether (sulfide) groups is 1. The van der Waals surface area contributed by atoms with Crippen LogP contribution in [-0.2, 0) is 20.9 Å². The monoisotopic (exact) mass is 861 g/mol. The van der Waals surface area contributed by atoms with Gasteiger partial charge in [-0.05, 0) is 74.9 Å². The lowest BCUT2D eigenvalue weighted by atomic mass is 10.0. The summed E-state index contributed by atoms with van der Waals surface area (Å²) in [7, 11) is 4.75. The topological polar surface area (TPSA) is 150 Å². The lowest BCUT2D eigenvalue weighted by molar-refractivity contribution is -0.131. The Balaban J connectivity index is 0.000000758. The number of amides is 2. The number of aromatic nitrogens is 4. The van der Waals surface area contributed by atoms with Crippen LogP contribution < -0.4 is 5.73 Å². The van der Waals surface area contributed by atoms with Crippen molar-refractivity contribution in [2.75, 3.05) is 46.9 Å². The Morgan fingerprint density at radius 1 is 0.968 bits per heavy atom. The third kappa shape index (κ3) is 16.6. The first kappa shape index (κ1) is 52.3. The number of aryl methyl sites for hydroxylation is 1.